The topological polar surface area (TPSA) is 58.1 Å². The van der Waals surface area contributed by atoms with Crippen molar-refractivity contribution in [2.45, 2.75) is 26.2 Å². The Morgan fingerprint density at radius 3 is 2.81 bits per heavy atom. The molecule has 2 aromatic rings. The van der Waals surface area contributed by atoms with Crippen molar-refractivity contribution < 1.29 is 4.79 Å². The van der Waals surface area contributed by atoms with Gasteiger partial charge in [0.25, 0.3) is 5.91 Å². The third-order valence-corrected chi connectivity index (χ3v) is 4.44. The van der Waals surface area contributed by atoms with Gasteiger partial charge in [0.1, 0.15) is 0 Å². The molecule has 110 valence electrons. The molecule has 1 N–H and O–H groups in total. The van der Waals surface area contributed by atoms with E-state index in [1.807, 2.05) is 25.1 Å². The van der Waals surface area contributed by atoms with Crippen molar-refractivity contribution in [1.82, 2.24) is 10.2 Å². The molecule has 21 heavy (non-hydrogen) atoms. The number of hydrogen-bond donors (Lipinski definition) is 1. The third-order valence-electron chi connectivity index (χ3n) is 3.54. The molecule has 0 atom stereocenters. The van der Waals surface area contributed by atoms with Crippen molar-refractivity contribution in [2.24, 2.45) is 0 Å². The van der Waals surface area contributed by atoms with E-state index in [1.54, 1.807) is 6.07 Å². The smallest absolute Gasteiger partial charge is 0.257 e. The molecule has 0 spiro atoms. The molecule has 1 aliphatic rings. The number of aryl methyl sites for hydroxylation is 1. The van der Waals surface area contributed by atoms with Gasteiger partial charge in [-0.1, -0.05) is 29.0 Å². The Balaban J connectivity index is 1.68. The fourth-order valence-electron chi connectivity index (χ4n) is 2.43. The predicted octanol–water partition coefficient (Wildman–Crippen LogP) is 3.09. The maximum Gasteiger partial charge on any atom is 0.257 e. The van der Waals surface area contributed by atoms with E-state index in [9.17, 15) is 4.79 Å². The largest absolute Gasteiger partial charge is 0.347 e. The Morgan fingerprint density at radius 2 is 2.05 bits per heavy atom. The van der Waals surface area contributed by atoms with E-state index in [1.165, 1.54) is 30.6 Å². The molecule has 2 heterocycles. The van der Waals surface area contributed by atoms with E-state index in [2.05, 4.69) is 20.4 Å². The molecule has 1 aromatic heterocycles. The van der Waals surface area contributed by atoms with Gasteiger partial charge in [-0.25, -0.2) is 0 Å². The van der Waals surface area contributed by atoms with Gasteiger partial charge in [0.2, 0.25) is 10.3 Å². The predicted molar refractivity (Wildman–Crippen MR) is 85.1 cm³/mol. The summed E-state index contributed by atoms with van der Waals surface area (Å²) in [7, 11) is 0. The number of aromatic nitrogens is 2. The number of carbonyl (C=O) groups is 1. The Hall–Kier alpha value is -1.95. The minimum atomic E-state index is -0.139. The molecule has 0 aliphatic carbocycles. The lowest BCUT2D eigenvalue weighted by atomic mass is 10.1. The standard InChI is InChI=1S/C15H18N4OS/c1-11-6-5-7-12(10-11)13(20)16-14-17-18-15(21-14)19-8-3-2-4-9-19/h5-7,10H,2-4,8-9H2,1H3,(H,16,17,20). The number of benzene rings is 1. The number of carbonyl (C=O) groups excluding carboxylic acids is 1. The first-order valence-electron chi connectivity index (χ1n) is 7.19. The van der Waals surface area contributed by atoms with E-state index in [4.69, 9.17) is 0 Å². The number of piperidine rings is 1. The van der Waals surface area contributed by atoms with E-state index in [0.717, 1.165) is 23.8 Å². The summed E-state index contributed by atoms with van der Waals surface area (Å²) in [5.41, 5.74) is 1.71. The number of hydrogen-bond acceptors (Lipinski definition) is 5. The van der Waals surface area contributed by atoms with Crippen LogP contribution in [0.4, 0.5) is 10.3 Å². The molecule has 1 aromatic carbocycles. The second-order valence-corrected chi connectivity index (χ2v) is 6.22. The minimum absolute atomic E-state index is 0.139. The van der Waals surface area contributed by atoms with Crippen LogP contribution in [0.15, 0.2) is 24.3 Å². The molecular formula is C15H18N4OS. The monoisotopic (exact) mass is 302 g/mol. The van der Waals surface area contributed by atoms with Gasteiger partial charge in [-0.2, -0.15) is 0 Å². The molecule has 0 saturated carbocycles. The molecule has 1 aliphatic heterocycles. The highest BCUT2D eigenvalue weighted by Gasteiger charge is 2.16. The molecule has 3 rings (SSSR count). The normalized spacial score (nSPS) is 15.0. The zero-order valence-electron chi connectivity index (χ0n) is 12.0. The summed E-state index contributed by atoms with van der Waals surface area (Å²) in [5.74, 6) is -0.139. The van der Waals surface area contributed by atoms with Gasteiger partial charge in [-0.05, 0) is 38.3 Å². The zero-order valence-corrected chi connectivity index (χ0v) is 12.8. The van der Waals surface area contributed by atoms with Gasteiger partial charge in [0.15, 0.2) is 0 Å². The first-order chi connectivity index (χ1) is 10.2. The fraction of sp³-hybridized carbons (Fsp3) is 0.400. The Morgan fingerprint density at radius 1 is 1.24 bits per heavy atom. The number of rotatable bonds is 3. The van der Waals surface area contributed by atoms with Crippen LogP contribution in [0.3, 0.4) is 0 Å². The zero-order chi connectivity index (χ0) is 14.7. The number of anilines is 2. The van der Waals surface area contributed by atoms with Crippen LogP contribution in [0.5, 0.6) is 0 Å². The highest BCUT2D eigenvalue weighted by Crippen LogP contribution is 2.26. The van der Waals surface area contributed by atoms with Crippen molar-refractivity contribution in [2.75, 3.05) is 23.3 Å². The summed E-state index contributed by atoms with van der Waals surface area (Å²) in [6.45, 7) is 4.02. The summed E-state index contributed by atoms with van der Waals surface area (Å²) < 4.78 is 0. The first-order valence-corrected chi connectivity index (χ1v) is 8.00. The summed E-state index contributed by atoms with van der Waals surface area (Å²) in [6, 6.07) is 7.51. The van der Waals surface area contributed by atoms with E-state index < -0.39 is 0 Å². The molecule has 1 saturated heterocycles. The summed E-state index contributed by atoms with van der Waals surface area (Å²) in [5, 5.41) is 12.5. The number of nitrogens with one attached hydrogen (secondary N) is 1. The molecule has 0 unspecified atom stereocenters. The number of amides is 1. The highest BCUT2D eigenvalue weighted by atomic mass is 32.1. The lowest BCUT2D eigenvalue weighted by molar-refractivity contribution is 0.102. The molecule has 6 heteroatoms. The van der Waals surface area contributed by atoms with Crippen LogP contribution < -0.4 is 10.2 Å². The summed E-state index contributed by atoms with van der Waals surface area (Å²) in [6.07, 6.45) is 3.68. The second kappa shape index (κ2) is 6.22. The van der Waals surface area contributed by atoms with Gasteiger partial charge in [0.05, 0.1) is 0 Å². The van der Waals surface area contributed by atoms with Crippen LogP contribution in [0.25, 0.3) is 0 Å². The molecule has 0 radical (unpaired) electrons. The minimum Gasteiger partial charge on any atom is -0.347 e. The highest BCUT2D eigenvalue weighted by molar-refractivity contribution is 7.19. The van der Waals surface area contributed by atoms with Gasteiger partial charge in [-0.15, -0.1) is 10.2 Å². The van der Waals surface area contributed by atoms with Crippen LogP contribution in [-0.4, -0.2) is 29.2 Å². The van der Waals surface area contributed by atoms with Crippen molar-refractivity contribution in [3.8, 4) is 0 Å². The van der Waals surface area contributed by atoms with Crippen molar-refractivity contribution >= 4 is 27.5 Å². The molecular weight excluding hydrogens is 284 g/mol. The van der Waals surface area contributed by atoms with Gasteiger partial charge in [-0.3, -0.25) is 10.1 Å². The van der Waals surface area contributed by atoms with Crippen molar-refractivity contribution in [1.29, 1.82) is 0 Å². The molecule has 1 fully saturated rings. The summed E-state index contributed by atoms with van der Waals surface area (Å²) >= 11 is 1.44. The van der Waals surface area contributed by atoms with E-state index in [-0.39, 0.29) is 5.91 Å². The SMILES string of the molecule is Cc1cccc(C(=O)Nc2nnc(N3CCCCC3)s2)c1. The van der Waals surface area contributed by atoms with Crippen LogP contribution in [0, 0.1) is 6.92 Å². The fourth-order valence-corrected chi connectivity index (χ4v) is 3.23. The quantitative estimate of drug-likeness (QED) is 0.946. The van der Waals surface area contributed by atoms with Crippen LogP contribution in [-0.2, 0) is 0 Å². The maximum absolute atomic E-state index is 12.2. The van der Waals surface area contributed by atoms with E-state index in [0.29, 0.717) is 10.7 Å². The summed E-state index contributed by atoms with van der Waals surface area (Å²) in [4.78, 5) is 14.4. The van der Waals surface area contributed by atoms with Gasteiger partial charge < -0.3 is 4.90 Å². The lowest BCUT2D eigenvalue weighted by Gasteiger charge is -2.25. The Kier molecular flexibility index (Phi) is 4.15. The van der Waals surface area contributed by atoms with Crippen molar-refractivity contribution in [3.63, 3.8) is 0 Å². The maximum atomic E-state index is 12.2. The van der Waals surface area contributed by atoms with Crippen LogP contribution in [0.2, 0.25) is 0 Å². The number of nitrogens with zero attached hydrogens (tertiary/aromatic N) is 3. The van der Waals surface area contributed by atoms with Crippen LogP contribution >= 0.6 is 11.3 Å². The average Bonchev–Trinajstić information content (AvgIpc) is 2.97. The lowest BCUT2D eigenvalue weighted by Crippen LogP contribution is -2.29. The molecule has 0 bridgehead atoms. The van der Waals surface area contributed by atoms with Gasteiger partial charge >= 0.3 is 0 Å². The molecule has 1 amide bonds. The van der Waals surface area contributed by atoms with E-state index >= 15 is 0 Å². The second-order valence-electron chi connectivity index (χ2n) is 5.26. The van der Waals surface area contributed by atoms with Crippen LogP contribution in [0.1, 0.15) is 35.2 Å². The van der Waals surface area contributed by atoms with Gasteiger partial charge in [0, 0.05) is 18.7 Å². The molecule has 5 nitrogen and oxygen atoms in total. The van der Waals surface area contributed by atoms with Crippen molar-refractivity contribution in [3.05, 3.63) is 35.4 Å². The first kappa shape index (κ1) is 14.0. The third kappa shape index (κ3) is 3.39. The average molecular weight is 302 g/mol. The Bertz CT molecular complexity index is 634. The Labute approximate surface area is 128 Å².